The van der Waals surface area contributed by atoms with Gasteiger partial charge in [0.2, 0.25) is 0 Å². The SMILES string of the molecule is CC(C)N(CC1CCCN1)c1cccc(Br)c1C(N)=O. The van der Waals surface area contributed by atoms with Crippen LogP contribution >= 0.6 is 15.9 Å². The minimum atomic E-state index is -0.391. The Labute approximate surface area is 128 Å². The van der Waals surface area contributed by atoms with E-state index in [1.165, 1.54) is 12.8 Å². The maximum Gasteiger partial charge on any atom is 0.251 e. The first-order valence-corrected chi connectivity index (χ1v) is 7.88. The molecule has 0 bridgehead atoms. The number of primary amides is 1. The third-order valence-corrected chi connectivity index (χ3v) is 4.41. The smallest absolute Gasteiger partial charge is 0.251 e. The minimum absolute atomic E-state index is 0.310. The van der Waals surface area contributed by atoms with Gasteiger partial charge in [-0.2, -0.15) is 0 Å². The van der Waals surface area contributed by atoms with Crippen molar-refractivity contribution in [3.63, 3.8) is 0 Å². The second kappa shape index (κ2) is 6.59. The monoisotopic (exact) mass is 339 g/mol. The molecule has 1 aromatic carbocycles. The average molecular weight is 340 g/mol. The summed E-state index contributed by atoms with van der Waals surface area (Å²) in [7, 11) is 0. The molecule has 0 aromatic heterocycles. The molecular weight excluding hydrogens is 318 g/mol. The number of hydrogen-bond acceptors (Lipinski definition) is 3. The lowest BCUT2D eigenvalue weighted by atomic mass is 10.1. The zero-order valence-electron chi connectivity index (χ0n) is 12.0. The molecule has 1 aliphatic rings. The number of benzene rings is 1. The van der Waals surface area contributed by atoms with Gasteiger partial charge in [0, 0.05) is 23.1 Å². The van der Waals surface area contributed by atoms with Crippen LogP contribution in [0.4, 0.5) is 5.69 Å². The Morgan fingerprint density at radius 3 is 2.85 bits per heavy atom. The minimum Gasteiger partial charge on any atom is -0.367 e. The van der Waals surface area contributed by atoms with Crippen LogP contribution in [-0.2, 0) is 0 Å². The molecule has 0 saturated carbocycles. The molecule has 4 nitrogen and oxygen atoms in total. The van der Waals surface area contributed by atoms with Gasteiger partial charge in [0.15, 0.2) is 0 Å². The van der Waals surface area contributed by atoms with Gasteiger partial charge in [0.05, 0.1) is 11.3 Å². The predicted molar refractivity (Wildman–Crippen MR) is 86.2 cm³/mol. The van der Waals surface area contributed by atoms with Gasteiger partial charge < -0.3 is 16.0 Å². The van der Waals surface area contributed by atoms with Gasteiger partial charge in [0.1, 0.15) is 0 Å². The Hall–Kier alpha value is -1.07. The van der Waals surface area contributed by atoms with Crippen molar-refractivity contribution in [3.8, 4) is 0 Å². The topological polar surface area (TPSA) is 58.4 Å². The molecule has 20 heavy (non-hydrogen) atoms. The maximum atomic E-state index is 11.8. The highest BCUT2D eigenvalue weighted by molar-refractivity contribution is 9.10. The number of halogens is 1. The molecule has 5 heteroatoms. The summed E-state index contributed by atoms with van der Waals surface area (Å²) in [5, 5.41) is 3.51. The van der Waals surface area contributed by atoms with Crippen molar-refractivity contribution in [1.82, 2.24) is 5.32 Å². The van der Waals surface area contributed by atoms with Crippen LogP contribution in [0, 0.1) is 0 Å². The van der Waals surface area contributed by atoms with Crippen molar-refractivity contribution in [2.45, 2.75) is 38.8 Å². The van der Waals surface area contributed by atoms with Crippen LogP contribution in [0.5, 0.6) is 0 Å². The molecule has 0 aliphatic carbocycles. The summed E-state index contributed by atoms with van der Waals surface area (Å²) in [6.45, 7) is 6.26. The molecule has 110 valence electrons. The van der Waals surface area contributed by atoms with Crippen molar-refractivity contribution in [3.05, 3.63) is 28.2 Å². The van der Waals surface area contributed by atoms with Crippen LogP contribution in [0.3, 0.4) is 0 Å². The third kappa shape index (κ3) is 3.33. The van der Waals surface area contributed by atoms with Crippen LogP contribution < -0.4 is 16.0 Å². The van der Waals surface area contributed by atoms with Gasteiger partial charge in [-0.1, -0.05) is 6.07 Å². The summed E-state index contributed by atoms with van der Waals surface area (Å²) in [6.07, 6.45) is 2.40. The van der Waals surface area contributed by atoms with Crippen molar-refractivity contribution in [1.29, 1.82) is 0 Å². The molecule has 2 rings (SSSR count). The zero-order chi connectivity index (χ0) is 14.7. The maximum absolute atomic E-state index is 11.8. The van der Waals surface area contributed by atoms with Crippen molar-refractivity contribution >= 4 is 27.5 Å². The molecular formula is C15H22BrN3O. The standard InChI is InChI=1S/C15H22BrN3O/c1-10(2)19(9-11-5-4-8-18-11)13-7-3-6-12(16)14(13)15(17)20/h3,6-7,10-11,18H,4-5,8-9H2,1-2H3,(H2,17,20). The van der Waals surface area contributed by atoms with Crippen LogP contribution in [-0.4, -0.2) is 31.1 Å². The fourth-order valence-corrected chi connectivity index (χ4v) is 3.28. The van der Waals surface area contributed by atoms with Gasteiger partial charge in [-0.05, 0) is 61.3 Å². The Kier molecular flexibility index (Phi) is 5.05. The van der Waals surface area contributed by atoms with Crippen LogP contribution in [0.25, 0.3) is 0 Å². The molecule has 1 aromatic rings. The van der Waals surface area contributed by atoms with Crippen molar-refractivity contribution in [2.24, 2.45) is 5.73 Å². The predicted octanol–water partition coefficient (Wildman–Crippen LogP) is 2.51. The van der Waals surface area contributed by atoms with Crippen molar-refractivity contribution < 1.29 is 4.79 Å². The van der Waals surface area contributed by atoms with Crippen LogP contribution in [0.1, 0.15) is 37.0 Å². The number of nitrogens with zero attached hydrogens (tertiary/aromatic N) is 1. The van der Waals surface area contributed by atoms with Crippen LogP contribution in [0.2, 0.25) is 0 Å². The number of nitrogens with two attached hydrogens (primary N) is 1. The van der Waals surface area contributed by atoms with E-state index in [4.69, 9.17) is 5.73 Å². The lowest BCUT2D eigenvalue weighted by Gasteiger charge is -2.33. The Morgan fingerprint density at radius 1 is 1.55 bits per heavy atom. The molecule has 1 saturated heterocycles. The second-order valence-electron chi connectivity index (χ2n) is 5.54. The Balaban J connectivity index is 2.33. The molecule has 1 heterocycles. The fraction of sp³-hybridized carbons (Fsp3) is 0.533. The second-order valence-corrected chi connectivity index (χ2v) is 6.39. The average Bonchev–Trinajstić information content (AvgIpc) is 2.87. The number of anilines is 1. The summed E-state index contributed by atoms with van der Waals surface area (Å²) in [6, 6.07) is 6.57. The first-order chi connectivity index (χ1) is 9.50. The normalized spacial score (nSPS) is 18.5. The van der Waals surface area contributed by atoms with E-state index in [9.17, 15) is 4.79 Å². The van der Waals surface area contributed by atoms with E-state index in [0.29, 0.717) is 17.6 Å². The number of hydrogen-bond donors (Lipinski definition) is 2. The molecule has 0 spiro atoms. The fourth-order valence-electron chi connectivity index (χ4n) is 2.73. The lowest BCUT2D eigenvalue weighted by molar-refractivity contribution is 0.1000. The van der Waals surface area contributed by atoms with E-state index in [1.807, 2.05) is 18.2 Å². The van der Waals surface area contributed by atoms with Crippen LogP contribution in [0.15, 0.2) is 22.7 Å². The van der Waals surface area contributed by atoms with Crippen molar-refractivity contribution in [2.75, 3.05) is 18.0 Å². The molecule has 0 radical (unpaired) electrons. The molecule has 1 aliphatic heterocycles. The van der Waals surface area contributed by atoms with Gasteiger partial charge in [-0.3, -0.25) is 4.79 Å². The lowest BCUT2D eigenvalue weighted by Crippen LogP contribution is -2.42. The van der Waals surface area contributed by atoms with E-state index < -0.39 is 5.91 Å². The summed E-state index contributed by atoms with van der Waals surface area (Å²) in [5.74, 6) is -0.391. The zero-order valence-corrected chi connectivity index (χ0v) is 13.6. The first-order valence-electron chi connectivity index (χ1n) is 7.09. The van der Waals surface area contributed by atoms with E-state index in [1.54, 1.807) is 0 Å². The van der Waals surface area contributed by atoms with Gasteiger partial charge in [0.25, 0.3) is 5.91 Å². The van der Waals surface area contributed by atoms with Gasteiger partial charge >= 0.3 is 0 Å². The Bertz CT molecular complexity index is 484. The number of nitrogens with one attached hydrogen (secondary N) is 1. The first kappa shape index (κ1) is 15.3. The molecule has 1 amide bonds. The van der Waals surface area contributed by atoms with E-state index in [2.05, 4.69) is 40.0 Å². The summed E-state index contributed by atoms with van der Waals surface area (Å²) in [5.41, 5.74) is 7.03. The third-order valence-electron chi connectivity index (χ3n) is 3.75. The molecule has 3 N–H and O–H groups in total. The molecule has 1 fully saturated rings. The molecule has 1 atom stereocenters. The molecule has 1 unspecified atom stereocenters. The number of carbonyl (C=O) groups is 1. The largest absolute Gasteiger partial charge is 0.367 e. The van der Waals surface area contributed by atoms with Gasteiger partial charge in [-0.25, -0.2) is 0 Å². The Morgan fingerprint density at radius 2 is 2.30 bits per heavy atom. The quantitative estimate of drug-likeness (QED) is 0.866. The highest BCUT2D eigenvalue weighted by Gasteiger charge is 2.24. The number of rotatable bonds is 5. The summed E-state index contributed by atoms with van der Waals surface area (Å²) >= 11 is 3.43. The van der Waals surface area contributed by atoms with E-state index >= 15 is 0 Å². The van der Waals surface area contributed by atoms with E-state index in [-0.39, 0.29) is 0 Å². The summed E-state index contributed by atoms with van der Waals surface area (Å²) < 4.78 is 0.757. The van der Waals surface area contributed by atoms with E-state index in [0.717, 1.165) is 23.2 Å². The highest BCUT2D eigenvalue weighted by Crippen LogP contribution is 2.29. The highest BCUT2D eigenvalue weighted by atomic mass is 79.9. The van der Waals surface area contributed by atoms with Gasteiger partial charge in [-0.15, -0.1) is 0 Å². The number of carbonyl (C=O) groups excluding carboxylic acids is 1. The summed E-state index contributed by atoms with van der Waals surface area (Å²) in [4.78, 5) is 14.0. The number of amides is 1.